The molecule has 0 amide bonds. The third-order valence-corrected chi connectivity index (χ3v) is 2.85. The lowest BCUT2D eigenvalue weighted by Gasteiger charge is -2.26. The van der Waals surface area contributed by atoms with Crippen LogP contribution in [0.25, 0.3) is 0 Å². The zero-order valence-electron chi connectivity index (χ0n) is 7.01. The number of hydrogen-bond donors (Lipinski definition) is 0. The van der Waals surface area contributed by atoms with Crippen LogP contribution >= 0.6 is 31.9 Å². The molecule has 0 saturated heterocycles. The van der Waals surface area contributed by atoms with Crippen molar-refractivity contribution in [1.29, 1.82) is 0 Å². The zero-order valence-corrected chi connectivity index (χ0v) is 10.2. The second-order valence-electron chi connectivity index (χ2n) is 3.04. The molecule has 0 fully saturated rings. The first-order valence-electron chi connectivity index (χ1n) is 4.00. The van der Waals surface area contributed by atoms with Gasteiger partial charge in [-0.2, -0.15) is 0 Å². The van der Waals surface area contributed by atoms with Crippen LogP contribution in [0.5, 0.6) is 0 Å². The van der Waals surface area contributed by atoms with Crippen LogP contribution in [-0.4, -0.2) is 24.3 Å². The summed E-state index contributed by atoms with van der Waals surface area (Å²) in [6.07, 6.45) is 7.98. The van der Waals surface area contributed by atoms with Gasteiger partial charge < -0.3 is 18.4 Å². The molecule has 4 radical (unpaired) electrons. The van der Waals surface area contributed by atoms with E-state index in [1.165, 1.54) is 0 Å². The van der Waals surface area contributed by atoms with E-state index in [9.17, 15) is 0 Å². The summed E-state index contributed by atoms with van der Waals surface area (Å²) in [5.41, 5.74) is 0. The highest BCUT2D eigenvalue weighted by molar-refractivity contribution is 9.10. The average Bonchev–Trinajstić information content (AvgIpc) is 2.59. The third kappa shape index (κ3) is 1.28. The van der Waals surface area contributed by atoms with E-state index in [4.69, 9.17) is 0 Å². The van der Waals surface area contributed by atoms with Crippen LogP contribution in [0.15, 0.2) is 33.7 Å². The Morgan fingerprint density at radius 1 is 0.929 bits per heavy atom. The Morgan fingerprint density at radius 3 is 1.79 bits per heavy atom. The minimum absolute atomic E-state index is 1.05. The van der Waals surface area contributed by atoms with Gasteiger partial charge in [-0.15, -0.1) is 0 Å². The Hall–Kier alpha value is -0.490. The van der Waals surface area contributed by atoms with Crippen LogP contribution < -0.4 is 9.19 Å². The van der Waals surface area contributed by atoms with Crippen LogP contribution in [0.3, 0.4) is 0 Å². The fourth-order valence-corrected chi connectivity index (χ4v) is 2.29. The molecule has 2 aromatic heterocycles. The monoisotopic (exact) mass is 312 g/mol. The lowest BCUT2D eigenvalue weighted by molar-refractivity contribution is -0.690. The molecule has 4 nitrogen and oxygen atoms in total. The van der Waals surface area contributed by atoms with Crippen LogP contribution in [-0.2, 0) is 0 Å². The largest absolute Gasteiger partial charge is 0.394 e. The first kappa shape index (κ1) is 8.79. The van der Waals surface area contributed by atoms with Gasteiger partial charge in [-0.25, -0.2) is 0 Å². The minimum Gasteiger partial charge on any atom is -0.394 e. The van der Waals surface area contributed by atoms with Crippen molar-refractivity contribution in [3.05, 3.63) is 33.7 Å². The molecule has 3 rings (SSSR count). The fraction of sp³-hybridized carbons (Fsp3) is 0. The summed E-state index contributed by atoms with van der Waals surface area (Å²) in [4.78, 5) is 0. The van der Waals surface area contributed by atoms with Gasteiger partial charge in [0.1, 0.15) is 12.4 Å². The molecule has 3 heterocycles. The Labute approximate surface area is 98.9 Å². The number of aromatic nitrogens is 4. The predicted molar refractivity (Wildman–Crippen MR) is 57.8 cm³/mol. The molecule has 1 aliphatic heterocycles. The number of nitrogens with zero attached hydrogens (tertiary/aromatic N) is 4. The highest BCUT2D eigenvalue weighted by atomic mass is 79.9. The highest BCUT2D eigenvalue weighted by Gasteiger charge is 2.12. The maximum absolute atomic E-state index is 3.43. The standard InChI is InChI=1S/C6H4B2Br2N4/c9-5-1-11-7-13-3-6(10)4-14(13)8-12(11)2-5/h1-4H. The SMILES string of the molecule is Brc1cn2[n+](c1)[B-]n1cc(Br)c[n+]1[B-]2. The molecule has 14 heavy (non-hydrogen) atoms. The minimum atomic E-state index is 1.05. The zero-order chi connectivity index (χ0) is 9.71. The second kappa shape index (κ2) is 3.00. The van der Waals surface area contributed by atoms with Gasteiger partial charge in [0.2, 0.25) is 0 Å². The van der Waals surface area contributed by atoms with Crippen molar-refractivity contribution in [2.45, 2.75) is 0 Å². The molecule has 1 aliphatic rings. The van der Waals surface area contributed by atoms with Gasteiger partial charge in [-0.3, -0.25) is 0 Å². The Bertz CT molecular complexity index is 421. The molecule has 68 valence electrons. The molecule has 0 saturated carbocycles. The molecule has 2 aromatic rings. The van der Waals surface area contributed by atoms with E-state index in [1.807, 2.05) is 58.3 Å². The van der Waals surface area contributed by atoms with Crippen molar-refractivity contribution in [3.8, 4) is 0 Å². The predicted octanol–water partition coefficient (Wildman–Crippen LogP) is -0.436. The van der Waals surface area contributed by atoms with Crippen LogP contribution in [0, 0.1) is 0 Å². The van der Waals surface area contributed by atoms with E-state index in [2.05, 4.69) is 31.9 Å². The quantitative estimate of drug-likeness (QED) is 0.501. The summed E-state index contributed by atoms with van der Waals surface area (Å²) in [6, 6.07) is 0. The lowest BCUT2D eigenvalue weighted by atomic mass is 10.1. The molecule has 0 unspecified atom stereocenters. The molecule has 0 bridgehead atoms. The lowest BCUT2D eigenvalue weighted by Crippen LogP contribution is -2.70. The Kier molecular flexibility index (Phi) is 1.88. The van der Waals surface area contributed by atoms with Crippen molar-refractivity contribution in [1.82, 2.24) is 9.19 Å². The summed E-state index contributed by atoms with van der Waals surface area (Å²) in [6.45, 7) is 0. The van der Waals surface area contributed by atoms with E-state index in [-0.39, 0.29) is 0 Å². The van der Waals surface area contributed by atoms with Gasteiger partial charge in [0.25, 0.3) is 0 Å². The van der Waals surface area contributed by atoms with E-state index < -0.39 is 0 Å². The summed E-state index contributed by atoms with van der Waals surface area (Å²) < 4.78 is 10.0. The van der Waals surface area contributed by atoms with Gasteiger partial charge in [0, 0.05) is 12.4 Å². The summed E-state index contributed by atoms with van der Waals surface area (Å²) in [5, 5.41) is 0. The van der Waals surface area contributed by atoms with Crippen molar-refractivity contribution in [2.75, 3.05) is 0 Å². The van der Waals surface area contributed by atoms with Crippen LogP contribution in [0.2, 0.25) is 0 Å². The molecule has 0 spiro atoms. The molecule has 0 aliphatic carbocycles. The molecule has 8 heteroatoms. The molecule has 0 atom stereocenters. The van der Waals surface area contributed by atoms with Gasteiger partial charge in [0.05, 0.1) is 8.95 Å². The maximum atomic E-state index is 3.43. The van der Waals surface area contributed by atoms with Gasteiger partial charge in [0.15, 0.2) is 0 Å². The molecular weight excluding hydrogens is 310 g/mol. The molecular formula is C6H4B2Br2N4. The summed E-state index contributed by atoms with van der Waals surface area (Å²) in [5.74, 6) is 0. The smallest absolute Gasteiger partial charge is 0.310 e. The maximum Gasteiger partial charge on any atom is 0.310 e. The van der Waals surface area contributed by atoms with Gasteiger partial charge >= 0.3 is 15.1 Å². The Balaban J connectivity index is 2.10. The number of fused-ring (bicyclic) bond motifs is 2. The molecule has 0 aromatic carbocycles. The normalized spacial score (nSPS) is 13.9. The number of hydrogen-bond acceptors (Lipinski definition) is 0. The third-order valence-electron chi connectivity index (χ3n) is 2.03. The van der Waals surface area contributed by atoms with E-state index in [1.54, 1.807) is 0 Å². The number of halogens is 2. The fourth-order valence-electron chi connectivity index (χ4n) is 1.45. The van der Waals surface area contributed by atoms with Gasteiger partial charge in [-0.05, 0) is 31.9 Å². The van der Waals surface area contributed by atoms with Crippen molar-refractivity contribution >= 4 is 47.0 Å². The average molecular weight is 314 g/mol. The highest BCUT2D eigenvalue weighted by Crippen LogP contribution is 2.07. The number of rotatable bonds is 0. The topological polar surface area (TPSA) is 17.6 Å². The van der Waals surface area contributed by atoms with Crippen LogP contribution in [0.4, 0.5) is 0 Å². The molecule has 0 N–H and O–H groups in total. The first-order valence-corrected chi connectivity index (χ1v) is 5.58. The van der Waals surface area contributed by atoms with Gasteiger partial charge in [-0.1, -0.05) is 0 Å². The van der Waals surface area contributed by atoms with Crippen molar-refractivity contribution in [3.63, 3.8) is 0 Å². The van der Waals surface area contributed by atoms with Crippen LogP contribution in [0.1, 0.15) is 0 Å². The van der Waals surface area contributed by atoms with E-state index in [0.717, 1.165) is 8.95 Å². The van der Waals surface area contributed by atoms with E-state index in [0.29, 0.717) is 0 Å². The van der Waals surface area contributed by atoms with E-state index >= 15 is 0 Å². The van der Waals surface area contributed by atoms with Crippen molar-refractivity contribution < 1.29 is 9.19 Å². The summed E-state index contributed by atoms with van der Waals surface area (Å²) in [7, 11) is 3.96. The first-order chi connectivity index (χ1) is 6.72. The second-order valence-corrected chi connectivity index (χ2v) is 4.87. The summed E-state index contributed by atoms with van der Waals surface area (Å²) >= 11 is 6.86. The Morgan fingerprint density at radius 2 is 1.36 bits per heavy atom. The van der Waals surface area contributed by atoms with Crippen molar-refractivity contribution in [2.24, 2.45) is 0 Å².